The van der Waals surface area contributed by atoms with E-state index in [2.05, 4.69) is 15.5 Å². The number of fused-ring (bicyclic) bond motifs is 1. The number of H-pyrrole nitrogens is 1. The molecule has 0 spiro atoms. The molecule has 1 aliphatic rings. The zero-order chi connectivity index (χ0) is 15.6. The Morgan fingerprint density at radius 3 is 2.70 bits per heavy atom. The van der Waals surface area contributed by atoms with Gasteiger partial charge in [-0.05, 0) is 29.8 Å². The number of pyridine rings is 1. The highest BCUT2D eigenvalue weighted by Crippen LogP contribution is 2.28. The van der Waals surface area contributed by atoms with Crippen LogP contribution in [0, 0.1) is 0 Å². The fourth-order valence-corrected chi connectivity index (χ4v) is 2.69. The highest BCUT2D eigenvalue weighted by Gasteiger charge is 2.12. The minimum Gasteiger partial charge on any atom is -0.456 e. The molecular weight excluding hydrogens is 290 g/mol. The lowest BCUT2D eigenvalue weighted by Gasteiger charge is -2.10. The minimum absolute atomic E-state index is 0.184. The first kappa shape index (κ1) is 13.6. The second-order valence-electron chi connectivity index (χ2n) is 5.39. The van der Waals surface area contributed by atoms with Crippen LogP contribution in [0.4, 0.5) is 0 Å². The molecule has 0 bridgehead atoms. The van der Waals surface area contributed by atoms with E-state index < -0.39 is 0 Å². The highest BCUT2D eigenvalue weighted by atomic mass is 16.5. The average molecular weight is 305 g/mol. The monoisotopic (exact) mass is 305 g/mol. The number of aromatic nitrogens is 1. The summed E-state index contributed by atoms with van der Waals surface area (Å²) in [7, 11) is 0. The molecule has 0 atom stereocenters. The largest absolute Gasteiger partial charge is 0.456 e. The molecule has 2 heterocycles. The number of hydrazone groups is 1. The van der Waals surface area contributed by atoms with Gasteiger partial charge in [0.1, 0.15) is 11.5 Å². The quantitative estimate of drug-likeness (QED) is 0.781. The van der Waals surface area contributed by atoms with Crippen LogP contribution in [0.1, 0.15) is 12.0 Å². The Hall–Kier alpha value is -3.08. The second kappa shape index (κ2) is 5.61. The summed E-state index contributed by atoms with van der Waals surface area (Å²) in [6, 6.07) is 16.8. The first-order valence-electron chi connectivity index (χ1n) is 7.49. The van der Waals surface area contributed by atoms with E-state index in [1.54, 1.807) is 0 Å². The number of benzene rings is 2. The van der Waals surface area contributed by atoms with E-state index in [1.807, 2.05) is 48.5 Å². The number of ether oxygens (including phenoxy) is 1. The molecule has 114 valence electrons. The van der Waals surface area contributed by atoms with Crippen molar-refractivity contribution < 1.29 is 4.74 Å². The lowest BCUT2D eigenvalue weighted by Crippen LogP contribution is -2.06. The molecule has 2 aromatic carbocycles. The predicted octanol–water partition coefficient (Wildman–Crippen LogP) is 3.02. The third-order valence-corrected chi connectivity index (χ3v) is 3.80. The molecule has 5 heteroatoms. The van der Waals surface area contributed by atoms with Crippen LogP contribution in [0.5, 0.6) is 11.5 Å². The molecule has 4 rings (SSSR count). The number of nitrogens with one attached hydrogen (secondary N) is 2. The smallest absolute Gasteiger partial charge is 0.252 e. The molecule has 1 aliphatic heterocycles. The van der Waals surface area contributed by atoms with Gasteiger partial charge in [-0.1, -0.05) is 24.3 Å². The molecule has 0 saturated carbocycles. The van der Waals surface area contributed by atoms with Crippen LogP contribution < -0.4 is 15.7 Å². The lowest BCUT2D eigenvalue weighted by molar-refractivity contribution is 0.487. The Morgan fingerprint density at radius 1 is 1.04 bits per heavy atom. The van der Waals surface area contributed by atoms with Gasteiger partial charge in [-0.15, -0.1) is 0 Å². The lowest BCUT2D eigenvalue weighted by atomic mass is 10.0. The number of rotatable bonds is 3. The van der Waals surface area contributed by atoms with Gasteiger partial charge in [0.25, 0.3) is 5.56 Å². The van der Waals surface area contributed by atoms with Crippen molar-refractivity contribution in [3.05, 3.63) is 70.5 Å². The van der Waals surface area contributed by atoms with Gasteiger partial charge < -0.3 is 15.1 Å². The Morgan fingerprint density at radius 2 is 1.91 bits per heavy atom. The molecule has 0 saturated heterocycles. The third-order valence-electron chi connectivity index (χ3n) is 3.80. The zero-order valence-electron chi connectivity index (χ0n) is 12.4. The summed E-state index contributed by atoms with van der Waals surface area (Å²) in [4.78, 5) is 14.7. The van der Waals surface area contributed by atoms with Crippen LogP contribution in [0.3, 0.4) is 0 Å². The summed E-state index contributed by atoms with van der Waals surface area (Å²) in [5.41, 5.74) is 5.60. The van der Waals surface area contributed by atoms with Crippen molar-refractivity contribution in [2.75, 3.05) is 6.54 Å². The highest BCUT2D eigenvalue weighted by molar-refractivity contribution is 6.04. The minimum atomic E-state index is -0.184. The van der Waals surface area contributed by atoms with Gasteiger partial charge in [-0.25, -0.2) is 0 Å². The van der Waals surface area contributed by atoms with Gasteiger partial charge in [0.2, 0.25) is 0 Å². The first-order chi connectivity index (χ1) is 11.3. The van der Waals surface area contributed by atoms with E-state index in [1.165, 1.54) is 6.07 Å². The average Bonchev–Trinajstić information content (AvgIpc) is 3.10. The van der Waals surface area contributed by atoms with Crippen LogP contribution in [-0.4, -0.2) is 17.2 Å². The molecule has 23 heavy (non-hydrogen) atoms. The van der Waals surface area contributed by atoms with Crippen molar-refractivity contribution in [3.63, 3.8) is 0 Å². The fraction of sp³-hybridized carbons (Fsp3) is 0.111. The topological polar surface area (TPSA) is 66.5 Å². The van der Waals surface area contributed by atoms with Gasteiger partial charge in [0.15, 0.2) is 0 Å². The van der Waals surface area contributed by atoms with Crippen molar-refractivity contribution >= 4 is 16.6 Å². The van der Waals surface area contributed by atoms with Gasteiger partial charge in [0, 0.05) is 24.4 Å². The first-order valence-corrected chi connectivity index (χ1v) is 7.49. The molecule has 3 aromatic rings. The molecule has 0 fully saturated rings. The van der Waals surface area contributed by atoms with Gasteiger partial charge >= 0.3 is 0 Å². The Labute approximate surface area is 132 Å². The summed E-state index contributed by atoms with van der Waals surface area (Å²) in [5, 5.41) is 5.16. The molecular formula is C18H15N3O2. The maximum Gasteiger partial charge on any atom is 0.252 e. The second-order valence-corrected chi connectivity index (χ2v) is 5.39. The van der Waals surface area contributed by atoms with Crippen molar-refractivity contribution in [1.29, 1.82) is 0 Å². The van der Waals surface area contributed by atoms with Gasteiger partial charge in [0.05, 0.1) is 11.2 Å². The van der Waals surface area contributed by atoms with E-state index in [0.29, 0.717) is 11.5 Å². The molecule has 2 N–H and O–H groups in total. The zero-order valence-corrected chi connectivity index (χ0v) is 12.4. The third kappa shape index (κ3) is 2.68. The SMILES string of the molecule is O=c1cc(Oc2ccccc2)c2cc(C3=NNCC3)ccc2[nH]1. The van der Waals surface area contributed by atoms with Crippen molar-refractivity contribution in [1.82, 2.24) is 10.4 Å². The van der Waals surface area contributed by atoms with Gasteiger partial charge in [-0.3, -0.25) is 4.79 Å². The van der Waals surface area contributed by atoms with E-state index >= 15 is 0 Å². The van der Waals surface area contributed by atoms with E-state index in [9.17, 15) is 4.79 Å². The number of para-hydroxylation sites is 1. The van der Waals surface area contributed by atoms with Crippen LogP contribution in [0.2, 0.25) is 0 Å². The Kier molecular flexibility index (Phi) is 3.31. The summed E-state index contributed by atoms with van der Waals surface area (Å²) >= 11 is 0. The molecule has 0 amide bonds. The number of hydrogen-bond acceptors (Lipinski definition) is 4. The maximum absolute atomic E-state index is 11.9. The molecule has 0 radical (unpaired) electrons. The van der Waals surface area contributed by atoms with Crippen molar-refractivity contribution in [2.24, 2.45) is 5.10 Å². The molecule has 0 aliphatic carbocycles. The Bertz CT molecular complexity index is 945. The summed E-state index contributed by atoms with van der Waals surface area (Å²) in [6.45, 7) is 0.854. The molecule has 1 aromatic heterocycles. The standard InChI is InChI=1S/C18H15N3O2/c22-18-11-17(23-13-4-2-1-3-5-13)14-10-12(6-7-16(14)20-18)15-8-9-19-21-15/h1-7,10-11,19H,8-9H2,(H,20,22). The number of hydrogen-bond donors (Lipinski definition) is 2. The summed E-state index contributed by atoms with van der Waals surface area (Å²) in [6.07, 6.45) is 0.893. The molecule has 0 unspecified atom stereocenters. The predicted molar refractivity (Wildman–Crippen MR) is 90.2 cm³/mol. The molecule has 5 nitrogen and oxygen atoms in total. The maximum atomic E-state index is 11.9. The van der Waals surface area contributed by atoms with E-state index in [4.69, 9.17) is 4.74 Å². The number of nitrogens with zero attached hydrogens (tertiary/aromatic N) is 1. The van der Waals surface area contributed by atoms with Crippen LogP contribution in [0.15, 0.2) is 64.5 Å². The number of aromatic amines is 1. The van der Waals surface area contributed by atoms with Crippen molar-refractivity contribution in [2.45, 2.75) is 6.42 Å². The Balaban J connectivity index is 1.84. The van der Waals surface area contributed by atoms with Gasteiger partial charge in [-0.2, -0.15) is 5.10 Å². The van der Waals surface area contributed by atoms with E-state index in [-0.39, 0.29) is 5.56 Å². The van der Waals surface area contributed by atoms with E-state index in [0.717, 1.165) is 35.1 Å². The summed E-state index contributed by atoms with van der Waals surface area (Å²) in [5.74, 6) is 1.24. The normalized spacial score (nSPS) is 13.7. The van der Waals surface area contributed by atoms with Crippen LogP contribution in [0.25, 0.3) is 10.9 Å². The fourth-order valence-electron chi connectivity index (χ4n) is 2.69. The van der Waals surface area contributed by atoms with Crippen LogP contribution >= 0.6 is 0 Å². The van der Waals surface area contributed by atoms with Crippen molar-refractivity contribution in [3.8, 4) is 11.5 Å². The van der Waals surface area contributed by atoms with Crippen LogP contribution in [-0.2, 0) is 0 Å². The summed E-state index contributed by atoms with van der Waals surface area (Å²) < 4.78 is 5.91.